The summed E-state index contributed by atoms with van der Waals surface area (Å²) < 4.78 is 10.9. The van der Waals surface area contributed by atoms with Crippen LogP contribution in [0.3, 0.4) is 0 Å². The molecule has 0 bridgehead atoms. The Morgan fingerprint density at radius 3 is 2.47 bits per heavy atom. The predicted molar refractivity (Wildman–Crippen MR) is 73.5 cm³/mol. The smallest absolute Gasteiger partial charge is 0.0780 e. The van der Waals surface area contributed by atoms with E-state index < -0.39 is 0 Å². The zero-order valence-corrected chi connectivity index (χ0v) is 12.0. The van der Waals surface area contributed by atoms with Gasteiger partial charge in [0.1, 0.15) is 0 Å². The molecule has 0 spiro atoms. The quantitative estimate of drug-likeness (QED) is 0.506. The molecule has 1 atom stereocenters. The summed E-state index contributed by atoms with van der Waals surface area (Å²) in [5, 5.41) is 3.42. The second-order valence-corrected chi connectivity index (χ2v) is 4.51. The van der Waals surface area contributed by atoms with E-state index in [0.717, 1.165) is 32.9 Å². The first-order valence-electron chi connectivity index (χ1n) is 7.21. The second kappa shape index (κ2) is 13.9. The molecule has 0 aliphatic carbocycles. The first-order valence-corrected chi connectivity index (χ1v) is 7.21. The van der Waals surface area contributed by atoms with Gasteiger partial charge in [-0.25, -0.2) is 0 Å². The average molecular weight is 245 g/mol. The van der Waals surface area contributed by atoms with E-state index in [1.807, 2.05) is 6.92 Å². The van der Waals surface area contributed by atoms with Crippen molar-refractivity contribution in [2.75, 3.05) is 32.9 Å². The molecule has 0 aromatic heterocycles. The van der Waals surface area contributed by atoms with E-state index in [-0.39, 0.29) is 6.10 Å². The van der Waals surface area contributed by atoms with Crippen molar-refractivity contribution in [3.05, 3.63) is 0 Å². The van der Waals surface area contributed by atoms with Crippen LogP contribution in [0, 0.1) is 0 Å². The van der Waals surface area contributed by atoms with Gasteiger partial charge in [0.2, 0.25) is 0 Å². The van der Waals surface area contributed by atoms with Crippen LogP contribution in [-0.2, 0) is 9.47 Å². The molecule has 0 heterocycles. The minimum absolute atomic E-state index is 0.237. The summed E-state index contributed by atoms with van der Waals surface area (Å²) in [6.45, 7) is 11.0. The monoisotopic (exact) mass is 245 g/mol. The largest absolute Gasteiger partial charge is 0.379 e. The second-order valence-electron chi connectivity index (χ2n) is 4.51. The van der Waals surface area contributed by atoms with Crippen molar-refractivity contribution in [1.29, 1.82) is 0 Å². The standard InChI is InChI=1S/C14H31NO2/c1-4-10-15-11-8-6-7-9-12-17-14(3)13-16-5-2/h14-15H,4-13H2,1-3H3. The maximum atomic E-state index is 5.65. The Morgan fingerprint density at radius 1 is 1.00 bits per heavy atom. The Kier molecular flexibility index (Phi) is 13.8. The molecule has 1 unspecified atom stereocenters. The predicted octanol–water partition coefficient (Wildman–Crippen LogP) is 2.99. The van der Waals surface area contributed by atoms with Crippen LogP contribution in [0.4, 0.5) is 0 Å². The van der Waals surface area contributed by atoms with Crippen molar-refractivity contribution in [2.24, 2.45) is 0 Å². The molecule has 0 fully saturated rings. The Balaban J connectivity index is 3.02. The number of hydrogen-bond acceptors (Lipinski definition) is 3. The van der Waals surface area contributed by atoms with Crippen LogP contribution in [0.5, 0.6) is 0 Å². The molecule has 3 nitrogen and oxygen atoms in total. The molecule has 17 heavy (non-hydrogen) atoms. The SMILES string of the molecule is CCCNCCCCCCOC(C)COCC. The van der Waals surface area contributed by atoms with Crippen LogP contribution in [0.15, 0.2) is 0 Å². The van der Waals surface area contributed by atoms with Gasteiger partial charge in [-0.15, -0.1) is 0 Å². The lowest BCUT2D eigenvalue weighted by Crippen LogP contribution is -2.17. The van der Waals surface area contributed by atoms with Crippen molar-refractivity contribution >= 4 is 0 Å². The lowest BCUT2D eigenvalue weighted by molar-refractivity contribution is -0.00457. The van der Waals surface area contributed by atoms with E-state index in [1.165, 1.54) is 32.1 Å². The molecule has 0 aromatic carbocycles. The van der Waals surface area contributed by atoms with E-state index in [0.29, 0.717) is 0 Å². The normalized spacial score (nSPS) is 12.9. The van der Waals surface area contributed by atoms with Gasteiger partial charge in [0, 0.05) is 13.2 Å². The van der Waals surface area contributed by atoms with E-state index in [4.69, 9.17) is 9.47 Å². The molecule has 0 radical (unpaired) electrons. The molecule has 0 aliphatic heterocycles. The zero-order valence-electron chi connectivity index (χ0n) is 12.0. The lowest BCUT2D eigenvalue weighted by atomic mass is 10.2. The maximum absolute atomic E-state index is 5.65. The maximum Gasteiger partial charge on any atom is 0.0780 e. The highest BCUT2D eigenvalue weighted by Crippen LogP contribution is 2.01. The van der Waals surface area contributed by atoms with Gasteiger partial charge in [0.15, 0.2) is 0 Å². The molecule has 3 heteroatoms. The molecular weight excluding hydrogens is 214 g/mol. The summed E-state index contributed by atoms with van der Waals surface area (Å²) in [5.74, 6) is 0. The van der Waals surface area contributed by atoms with Gasteiger partial charge < -0.3 is 14.8 Å². The highest BCUT2D eigenvalue weighted by atomic mass is 16.5. The third-order valence-electron chi connectivity index (χ3n) is 2.63. The Labute approximate surface area is 107 Å². The van der Waals surface area contributed by atoms with Crippen molar-refractivity contribution in [1.82, 2.24) is 5.32 Å². The summed E-state index contributed by atoms with van der Waals surface area (Å²) in [6, 6.07) is 0. The molecule has 0 aliphatic rings. The first kappa shape index (κ1) is 16.9. The number of unbranched alkanes of at least 4 members (excludes halogenated alkanes) is 3. The molecule has 104 valence electrons. The lowest BCUT2D eigenvalue weighted by Gasteiger charge is -2.12. The van der Waals surface area contributed by atoms with Crippen molar-refractivity contribution < 1.29 is 9.47 Å². The molecule has 0 amide bonds. The highest BCUT2D eigenvalue weighted by Gasteiger charge is 2.00. The fraction of sp³-hybridized carbons (Fsp3) is 1.00. The van der Waals surface area contributed by atoms with Gasteiger partial charge in [-0.3, -0.25) is 0 Å². The van der Waals surface area contributed by atoms with Crippen molar-refractivity contribution in [3.63, 3.8) is 0 Å². The number of nitrogens with one attached hydrogen (secondary N) is 1. The van der Waals surface area contributed by atoms with Crippen LogP contribution in [0.2, 0.25) is 0 Å². The minimum atomic E-state index is 0.237. The molecule has 0 aromatic rings. The number of hydrogen-bond donors (Lipinski definition) is 1. The van der Waals surface area contributed by atoms with E-state index in [9.17, 15) is 0 Å². The molecule has 1 N–H and O–H groups in total. The average Bonchev–Trinajstić information content (AvgIpc) is 2.34. The third kappa shape index (κ3) is 13.8. The summed E-state index contributed by atoms with van der Waals surface area (Å²) in [7, 11) is 0. The van der Waals surface area contributed by atoms with Crippen molar-refractivity contribution in [2.45, 2.75) is 59.0 Å². The van der Waals surface area contributed by atoms with Crippen molar-refractivity contribution in [3.8, 4) is 0 Å². The molecule has 0 rings (SSSR count). The Bertz CT molecular complexity index is 142. The van der Waals surface area contributed by atoms with E-state index in [2.05, 4.69) is 19.2 Å². The van der Waals surface area contributed by atoms with Crippen LogP contribution < -0.4 is 5.32 Å². The molecular formula is C14H31NO2. The Hall–Kier alpha value is -0.120. The van der Waals surface area contributed by atoms with Crippen LogP contribution in [0.25, 0.3) is 0 Å². The number of ether oxygens (including phenoxy) is 2. The first-order chi connectivity index (χ1) is 8.31. The van der Waals surface area contributed by atoms with Crippen LogP contribution in [0.1, 0.15) is 52.9 Å². The molecule has 0 saturated heterocycles. The molecule has 0 saturated carbocycles. The topological polar surface area (TPSA) is 30.5 Å². The Morgan fingerprint density at radius 2 is 1.76 bits per heavy atom. The fourth-order valence-electron chi connectivity index (χ4n) is 1.62. The zero-order chi connectivity index (χ0) is 12.8. The summed E-state index contributed by atoms with van der Waals surface area (Å²) in [6.07, 6.45) is 6.50. The van der Waals surface area contributed by atoms with E-state index >= 15 is 0 Å². The van der Waals surface area contributed by atoms with Crippen LogP contribution >= 0.6 is 0 Å². The van der Waals surface area contributed by atoms with Gasteiger partial charge in [-0.05, 0) is 46.2 Å². The van der Waals surface area contributed by atoms with Gasteiger partial charge in [0.05, 0.1) is 12.7 Å². The van der Waals surface area contributed by atoms with Gasteiger partial charge in [0.25, 0.3) is 0 Å². The van der Waals surface area contributed by atoms with Gasteiger partial charge in [-0.2, -0.15) is 0 Å². The van der Waals surface area contributed by atoms with Gasteiger partial charge in [-0.1, -0.05) is 19.8 Å². The fourth-order valence-corrected chi connectivity index (χ4v) is 1.62. The van der Waals surface area contributed by atoms with E-state index in [1.54, 1.807) is 0 Å². The number of rotatable bonds is 13. The summed E-state index contributed by atoms with van der Waals surface area (Å²) >= 11 is 0. The van der Waals surface area contributed by atoms with Gasteiger partial charge >= 0.3 is 0 Å². The summed E-state index contributed by atoms with van der Waals surface area (Å²) in [5.41, 5.74) is 0. The third-order valence-corrected chi connectivity index (χ3v) is 2.63. The minimum Gasteiger partial charge on any atom is -0.379 e. The summed E-state index contributed by atoms with van der Waals surface area (Å²) in [4.78, 5) is 0. The van der Waals surface area contributed by atoms with Crippen LogP contribution in [-0.4, -0.2) is 39.0 Å². The highest BCUT2D eigenvalue weighted by molar-refractivity contribution is 4.50.